The van der Waals surface area contributed by atoms with E-state index in [4.69, 9.17) is 0 Å². The number of ketones is 1. The summed E-state index contributed by atoms with van der Waals surface area (Å²) in [5.74, 6) is -0.174. The highest BCUT2D eigenvalue weighted by molar-refractivity contribution is 5.96. The minimum Gasteiger partial charge on any atom is -0.387 e. The number of hydrogen-bond donors (Lipinski definition) is 2. The number of nitro benzene ring substituents is 1. The van der Waals surface area contributed by atoms with Crippen LogP contribution in [0.1, 0.15) is 35.4 Å². The van der Waals surface area contributed by atoms with E-state index < -0.39 is 11.0 Å². The third-order valence-electron chi connectivity index (χ3n) is 3.81. The standard InChI is InChI=1S/C18H20N2O4.ClH/c1-13(18(22)14-6-3-2-4-7-14)19-11-10-17(21)15-8-5-9-16(12-15)20(23)24;/h2-9,12-13,18-19,22H,10-11H2,1H3;1H/t13-,18-;/m0./s1. The van der Waals surface area contributed by atoms with Crippen LogP contribution in [0.25, 0.3) is 0 Å². The van der Waals surface area contributed by atoms with Crippen LogP contribution in [0.4, 0.5) is 5.69 Å². The van der Waals surface area contributed by atoms with Crippen molar-refractivity contribution in [1.82, 2.24) is 5.32 Å². The highest BCUT2D eigenvalue weighted by Crippen LogP contribution is 2.17. The number of nitrogens with zero attached hydrogens (tertiary/aromatic N) is 1. The second-order valence-corrected chi connectivity index (χ2v) is 5.58. The molecule has 25 heavy (non-hydrogen) atoms. The lowest BCUT2D eigenvalue weighted by atomic mass is 10.0. The first kappa shape index (κ1) is 20.8. The molecule has 134 valence electrons. The van der Waals surface area contributed by atoms with E-state index in [0.717, 1.165) is 5.56 Å². The molecule has 0 unspecified atom stereocenters. The predicted octanol–water partition coefficient (Wildman–Crippen LogP) is 3.30. The molecule has 0 aliphatic heterocycles. The van der Waals surface area contributed by atoms with Gasteiger partial charge >= 0.3 is 0 Å². The molecule has 7 heteroatoms. The summed E-state index contributed by atoms with van der Waals surface area (Å²) in [7, 11) is 0. The Hall–Kier alpha value is -2.28. The molecule has 0 heterocycles. The van der Waals surface area contributed by atoms with Gasteiger partial charge in [-0.1, -0.05) is 42.5 Å². The number of aliphatic hydroxyl groups is 1. The van der Waals surface area contributed by atoms with Crippen LogP contribution in [0.15, 0.2) is 54.6 Å². The number of non-ortho nitro benzene ring substituents is 1. The van der Waals surface area contributed by atoms with Gasteiger partial charge in [-0.25, -0.2) is 0 Å². The Bertz CT molecular complexity index is 709. The van der Waals surface area contributed by atoms with Crippen molar-refractivity contribution in [3.63, 3.8) is 0 Å². The van der Waals surface area contributed by atoms with Gasteiger partial charge in [-0.15, -0.1) is 12.4 Å². The Morgan fingerprint density at radius 1 is 1.20 bits per heavy atom. The Morgan fingerprint density at radius 3 is 2.52 bits per heavy atom. The normalized spacial score (nSPS) is 12.7. The SMILES string of the molecule is C[C@H](NCCC(=O)c1cccc([N+](=O)[O-])c1)[C@H](O)c1ccccc1.Cl. The fourth-order valence-corrected chi connectivity index (χ4v) is 2.40. The molecule has 0 saturated heterocycles. The van der Waals surface area contributed by atoms with Crippen LogP contribution in [-0.2, 0) is 0 Å². The number of benzene rings is 2. The number of nitro groups is 1. The first-order valence-corrected chi connectivity index (χ1v) is 7.73. The molecule has 2 aromatic rings. The zero-order chi connectivity index (χ0) is 17.5. The highest BCUT2D eigenvalue weighted by atomic mass is 35.5. The van der Waals surface area contributed by atoms with Crippen molar-refractivity contribution >= 4 is 23.9 Å². The number of Topliss-reactive ketones (excluding diaryl/α,β-unsaturated/α-hetero) is 1. The zero-order valence-corrected chi connectivity index (χ0v) is 14.6. The zero-order valence-electron chi connectivity index (χ0n) is 13.8. The molecular weight excluding hydrogens is 344 g/mol. The van der Waals surface area contributed by atoms with Gasteiger partial charge in [0.2, 0.25) is 0 Å². The van der Waals surface area contributed by atoms with Crippen LogP contribution >= 0.6 is 12.4 Å². The van der Waals surface area contributed by atoms with Crippen molar-refractivity contribution in [2.45, 2.75) is 25.5 Å². The van der Waals surface area contributed by atoms with Crippen LogP contribution in [0.5, 0.6) is 0 Å². The Morgan fingerprint density at radius 2 is 1.88 bits per heavy atom. The van der Waals surface area contributed by atoms with Gasteiger partial charge in [0.25, 0.3) is 5.69 Å². The molecule has 0 amide bonds. The van der Waals surface area contributed by atoms with E-state index in [9.17, 15) is 20.0 Å². The molecule has 2 atom stereocenters. The number of carbonyl (C=O) groups is 1. The second kappa shape index (κ2) is 9.88. The molecule has 0 aliphatic rings. The summed E-state index contributed by atoms with van der Waals surface area (Å²) in [5, 5.41) is 24.1. The highest BCUT2D eigenvalue weighted by Gasteiger charge is 2.16. The monoisotopic (exact) mass is 364 g/mol. The van der Waals surface area contributed by atoms with Crippen molar-refractivity contribution in [2.24, 2.45) is 0 Å². The molecular formula is C18H21ClN2O4. The van der Waals surface area contributed by atoms with Gasteiger partial charge in [-0.3, -0.25) is 14.9 Å². The smallest absolute Gasteiger partial charge is 0.270 e. The first-order valence-electron chi connectivity index (χ1n) is 7.73. The third kappa shape index (κ3) is 5.94. The van der Waals surface area contributed by atoms with Crippen molar-refractivity contribution in [1.29, 1.82) is 0 Å². The minimum atomic E-state index is -0.667. The number of nitrogens with one attached hydrogen (secondary N) is 1. The number of rotatable bonds is 8. The van der Waals surface area contributed by atoms with Crippen LogP contribution in [0.2, 0.25) is 0 Å². The van der Waals surface area contributed by atoms with Gasteiger partial charge in [0.15, 0.2) is 5.78 Å². The second-order valence-electron chi connectivity index (χ2n) is 5.58. The molecule has 0 aromatic heterocycles. The summed E-state index contributed by atoms with van der Waals surface area (Å²) in [6.45, 7) is 2.22. The molecule has 0 spiro atoms. The summed E-state index contributed by atoms with van der Waals surface area (Å²) >= 11 is 0. The van der Waals surface area contributed by atoms with E-state index >= 15 is 0 Å². The van der Waals surface area contributed by atoms with E-state index in [1.54, 1.807) is 6.07 Å². The van der Waals surface area contributed by atoms with Crippen LogP contribution < -0.4 is 5.32 Å². The third-order valence-corrected chi connectivity index (χ3v) is 3.81. The molecule has 0 fully saturated rings. The van der Waals surface area contributed by atoms with Gasteiger partial charge in [0.1, 0.15) is 0 Å². The molecule has 2 rings (SSSR count). The molecule has 0 bridgehead atoms. The lowest BCUT2D eigenvalue weighted by Gasteiger charge is -2.20. The maximum absolute atomic E-state index is 12.1. The van der Waals surface area contributed by atoms with Crippen LogP contribution in [0, 0.1) is 10.1 Å². The molecule has 2 N–H and O–H groups in total. The van der Waals surface area contributed by atoms with Gasteiger partial charge in [0, 0.05) is 36.7 Å². The van der Waals surface area contributed by atoms with Gasteiger partial charge < -0.3 is 10.4 Å². The summed E-state index contributed by atoms with van der Waals surface area (Å²) in [5.41, 5.74) is 1.03. The Balaban J connectivity index is 0.00000312. The Labute approximate surface area is 152 Å². The van der Waals surface area contributed by atoms with Crippen molar-refractivity contribution in [3.05, 3.63) is 75.8 Å². The van der Waals surface area contributed by atoms with Crippen molar-refractivity contribution < 1.29 is 14.8 Å². The summed E-state index contributed by atoms with van der Waals surface area (Å²) in [6.07, 6.45) is -0.466. The summed E-state index contributed by atoms with van der Waals surface area (Å²) in [4.78, 5) is 22.3. The van der Waals surface area contributed by atoms with Gasteiger partial charge in [-0.05, 0) is 12.5 Å². The van der Waals surface area contributed by atoms with Crippen molar-refractivity contribution in [3.8, 4) is 0 Å². The average molecular weight is 365 g/mol. The van der Waals surface area contributed by atoms with E-state index in [0.29, 0.717) is 12.1 Å². The number of hydrogen-bond acceptors (Lipinski definition) is 5. The maximum Gasteiger partial charge on any atom is 0.270 e. The average Bonchev–Trinajstić information content (AvgIpc) is 2.61. The van der Waals surface area contributed by atoms with Crippen LogP contribution in [-0.4, -0.2) is 28.4 Å². The van der Waals surface area contributed by atoms with Gasteiger partial charge in [-0.2, -0.15) is 0 Å². The fourth-order valence-electron chi connectivity index (χ4n) is 2.40. The van der Waals surface area contributed by atoms with Gasteiger partial charge in [0.05, 0.1) is 11.0 Å². The molecule has 0 saturated carbocycles. The quantitative estimate of drug-likeness (QED) is 0.426. The number of aliphatic hydroxyl groups excluding tert-OH is 1. The predicted molar refractivity (Wildman–Crippen MR) is 98.2 cm³/mol. The van der Waals surface area contributed by atoms with E-state index in [2.05, 4.69) is 5.32 Å². The summed E-state index contributed by atoms with van der Waals surface area (Å²) < 4.78 is 0. The minimum absolute atomic E-state index is 0. The summed E-state index contributed by atoms with van der Waals surface area (Å²) in [6, 6.07) is 14.8. The molecule has 0 radical (unpaired) electrons. The van der Waals surface area contributed by atoms with Crippen molar-refractivity contribution in [2.75, 3.05) is 6.54 Å². The lowest BCUT2D eigenvalue weighted by Crippen LogP contribution is -2.33. The Kier molecular flexibility index (Phi) is 8.21. The lowest BCUT2D eigenvalue weighted by molar-refractivity contribution is -0.384. The van der Waals surface area contributed by atoms with E-state index in [1.165, 1.54) is 18.2 Å². The fraction of sp³-hybridized carbons (Fsp3) is 0.278. The molecule has 6 nitrogen and oxygen atoms in total. The topological polar surface area (TPSA) is 92.5 Å². The molecule has 2 aromatic carbocycles. The van der Waals surface area contributed by atoms with E-state index in [-0.39, 0.29) is 36.3 Å². The maximum atomic E-state index is 12.1. The van der Waals surface area contributed by atoms with E-state index in [1.807, 2.05) is 37.3 Å². The van der Waals surface area contributed by atoms with Crippen LogP contribution in [0.3, 0.4) is 0 Å². The first-order chi connectivity index (χ1) is 11.5. The largest absolute Gasteiger partial charge is 0.387 e. The number of carbonyl (C=O) groups excluding carboxylic acids is 1. The number of halogens is 1. The molecule has 0 aliphatic carbocycles.